The summed E-state index contributed by atoms with van der Waals surface area (Å²) in [4.78, 5) is 5.34. The Morgan fingerprint density at radius 2 is 1.90 bits per heavy atom. The summed E-state index contributed by atoms with van der Waals surface area (Å²) in [5.41, 5.74) is 7.06. The van der Waals surface area contributed by atoms with Crippen molar-refractivity contribution in [3.05, 3.63) is 44.9 Å². The van der Waals surface area contributed by atoms with Gasteiger partial charge in [-0.05, 0) is 44.9 Å². The first-order valence-corrected chi connectivity index (χ1v) is 7.47. The molecule has 1 unspecified atom stereocenters. The van der Waals surface area contributed by atoms with Crippen molar-refractivity contribution in [1.82, 2.24) is 4.98 Å². The number of nitrogens with zero attached hydrogens (tertiary/aromatic N) is 1. The van der Waals surface area contributed by atoms with Crippen LogP contribution >= 0.6 is 11.3 Å². The monoisotopic (exact) mass is 312 g/mol. The van der Waals surface area contributed by atoms with Crippen LogP contribution in [0.3, 0.4) is 0 Å². The van der Waals surface area contributed by atoms with Gasteiger partial charge in [0.1, 0.15) is 11.6 Å². The normalized spacial score (nSPS) is 12.5. The number of hydrogen-bond acceptors (Lipinski definition) is 4. The smallest absolute Gasteiger partial charge is 0.191 e. The van der Waals surface area contributed by atoms with Gasteiger partial charge in [0.15, 0.2) is 17.4 Å². The van der Waals surface area contributed by atoms with E-state index in [1.165, 1.54) is 23.5 Å². The number of ether oxygens (including phenoxy) is 1. The summed E-state index contributed by atoms with van der Waals surface area (Å²) in [6, 6.07) is 2.37. The molecule has 0 fully saturated rings. The van der Waals surface area contributed by atoms with Gasteiger partial charge in [0, 0.05) is 10.9 Å². The van der Waals surface area contributed by atoms with Crippen molar-refractivity contribution in [2.45, 2.75) is 39.8 Å². The van der Waals surface area contributed by atoms with Gasteiger partial charge in [0.2, 0.25) is 0 Å². The molecule has 21 heavy (non-hydrogen) atoms. The van der Waals surface area contributed by atoms with E-state index in [-0.39, 0.29) is 18.4 Å². The highest BCUT2D eigenvalue weighted by Gasteiger charge is 2.14. The fraction of sp³-hybridized carbons (Fsp3) is 0.400. The molecule has 0 aliphatic heterocycles. The van der Waals surface area contributed by atoms with E-state index in [2.05, 4.69) is 4.98 Å². The predicted molar refractivity (Wildman–Crippen MR) is 79.6 cm³/mol. The highest BCUT2D eigenvalue weighted by molar-refractivity contribution is 7.11. The molecule has 1 atom stereocenters. The first-order chi connectivity index (χ1) is 9.86. The number of benzene rings is 1. The van der Waals surface area contributed by atoms with Crippen LogP contribution in [0.2, 0.25) is 0 Å². The summed E-state index contributed by atoms with van der Waals surface area (Å²) < 4.78 is 33.1. The lowest BCUT2D eigenvalue weighted by Crippen LogP contribution is -2.18. The van der Waals surface area contributed by atoms with Crippen LogP contribution in [0.25, 0.3) is 0 Å². The Morgan fingerprint density at radius 3 is 2.38 bits per heavy atom. The first-order valence-electron chi connectivity index (χ1n) is 6.66. The Balaban J connectivity index is 2.13. The lowest BCUT2D eigenvalue weighted by Gasteiger charge is -2.10. The van der Waals surface area contributed by atoms with E-state index in [1.807, 2.05) is 13.8 Å². The maximum Gasteiger partial charge on any atom is 0.191 e. The molecule has 0 aliphatic rings. The van der Waals surface area contributed by atoms with Crippen LogP contribution in [0.5, 0.6) is 5.75 Å². The van der Waals surface area contributed by atoms with Crippen LogP contribution in [-0.2, 0) is 13.0 Å². The zero-order valence-electron chi connectivity index (χ0n) is 12.2. The van der Waals surface area contributed by atoms with E-state index < -0.39 is 11.6 Å². The fourth-order valence-corrected chi connectivity index (χ4v) is 2.82. The topological polar surface area (TPSA) is 48.1 Å². The minimum Gasteiger partial charge on any atom is -0.480 e. The van der Waals surface area contributed by atoms with Gasteiger partial charge in [-0.1, -0.05) is 0 Å². The van der Waals surface area contributed by atoms with Crippen molar-refractivity contribution in [2.75, 3.05) is 0 Å². The Labute approximate surface area is 126 Å². The third kappa shape index (κ3) is 3.98. The lowest BCUT2D eigenvalue weighted by atomic mass is 10.1. The van der Waals surface area contributed by atoms with E-state index >= 15 is 0 Å². The van der Waals surface area contributed by atoms with Gasteiger partial charge in [-0.2, -0.15) is 0 Å². The first kappa shape index (κ1) is 15.9. The summed E-state index contributed by atoms with van der Waals surface area (Å²) in [5.74, 6) is -1.79. The quantitative estimate of drug-likeness (QED) is 0.919. The number of aryl methyl sites for hydroxylation is 2. The van der Waals surface area contributed by atoms with Crippen LogP contribution in [0.15, 0.2) is 12.1 Å². The second kappa shape index (κ2) is 6.49. The molecule has 114 valence electrons. The van der Waals surface area contributed by atoms with E-state index in [4.69, 9.17) is 10.5 Å². The molecule has 1 aromatic carbocycles. The molecule has 2 rings (SSSR count). The SMILES string of the molecule is Cc1nc(COc2c(F)cc(CC(C)N)cc2F)sc1C. The minimum atomic E-state index is -0.712. The molecule has 0 aliphatic carbocycles. The summed E-state index contributed by atoms with van der Waals surface area (Å²) in [6.07, 6.45) is 0.416. The van der Waals surface area contributed by atoms with Crippen LogP contribution < -0.4 is 10.5 Å². The predicted octanol–water partition coefficient (Wildman–Crippen LogP) is 3.51. The standard InChI is InChI=1S/C15H18F2N2OS/c1-8(18)4-11-5-12(16)15(13(17)6-11)20-7-14-19-9(2)10(3)21-14/h5-6,8H,4,7,18H2,1-3H3. The molecule has 0 saturated carbocycles. The number of rotatable bonds is 5. The molecule has 2 aromatic rings. The molecule has 1 aromatic heterocycles. The maximum atomic E-state index is 13.9. The number of hydrogen-bond donors (Lipinski definition) is 1. The molecule has 3 nitrogen and oxygen atoms in total. The van der Waals surface area contributed by atoms with Crippen molar-refractivity contribution in [3.63, 3.8) is 0 Å². The van der Waals surface area contributed by atoms with E-state index in [1.54, 1.807) is 6.92 Å². The molecule has 0 amide bonds. The number of nitrogens with two attached hydrogens (primary N) is 1. The molecule has 0 spiro atoms. The van der Waals surface area contributed by atoms with Crippen molar-refractivity contribution < 1.29 is 13.5 Å². The zero-order valence-corrected chi connectivity index (χ0v) is 13.1. The second-order valence-electron chi connectivity index (χ2n) is 5.11. The van der Waals surface area contributed by atoms with Gasteiger partial charge >= 0.3 is 0 Å². The van der Waals surface area contributed by atoms with Gasteiger partial charge in [0.05, 0.1) is 5.69 Å². The summed E-state index contributed by atoms with van der Waals surface area (Å²) in [5, 5.41) is 0.698. The third-order valence-electron chi connectivity index (χ3n) is 3.03. The Bertz CT molecular complexity index is 598. The van der Waals surface area contributed by atoms with Crippen LogP contribution in [-0.4, -0.2) is 11.0 Å². The van der Waals surface area contributed by atoms with Crippen molar-refractivity contribution in [2.24, 2.45) is 5.73 Å². The molecule has 0 bridgehead atoms. The lowest BCUT2D eigenvalue weighted by molar-refractivity contribution is 0.273. The van der Waals surface area contributed by atoms with Crippen molar-refractivity contribution in [1.29, 1.82) is 0 Å². The van der Waals surface area contributed by atoms with Gasteiger partial charge in [-0.3, -0.25) is 0 Å². The van der Waals surface area contributed by atoms with Crippen LogP contribution in [0.1, 0.15) is 28.1 Å². The molecule has 1 heterocycles. The zero-order chi connectivity index (χ0) is 15.6. The van der Waals surface area contributed by atoms with Gasteiger partial charge in [0.25, 0.3) is 0 Å². The number of aromatic nitrogens is 1. The number of thiazole rings is 1. The summed E-state index contributed by atoms with van der Waals surface area (Å²) >= 11 is 1.46. The molecular formula is C15H18F2N2OS. The van der Waals surface area contributed by atoms with E-state index in [0.29, 0.717) is 17.0 Å². The maximum absolute atomic E-state index is 13.9. The average Bonchev–Trinajstić information content (AvgIpc) is 2.66. The van der Waals surface area contributed by atoms with Gasteiger partial charge in [-0.15, -0.1) is 11.3 Å². The van der Waals surface area contributed by atoms with Crippen LogP contribution in [0.4, 0.5) is 8.78 Å². The molecule has 0 radical (unpaired) electrons. The Kier molecular flexibility index (Phi) is 4.90. The van der Waals surface area contributed by atoms with Gasteiger partial charge in [-0.25, -0.2) is 13.8 Å². The minimum absolute atomic E-state index is 0.0554. The average molecular weight is 312 g/mol. The van der Waals surface area contributed by atoms with Gasteiger partial charge < -0.3 is 10.5 Å². The molecule has 6 heteroatoms. The Morgan fingerprint density at radius 1 is 1.29 bits per heavy atom. The highest BCUT2D eigenvalue weighted by atomic mass is 32.1. The number of halogens is 2. The Hall–Kier alpha value is -1.53. The third-order valence-corrected chi connectivity index (χ3v) is 4.07. The van der Waals surface area contributed by atoms with E-state index in [0.717, 1.165) is 10.6 Å². The molecule has 0 saturated heterocycles. The fourth-order valence-electron chi connectivity index (χ4n) is 1.97. The van der Waals surface area contributed by atoms with Crippen LogP contribution in [0, 0.1) is 25.5 Å². The summed E-state index contributed by atoms with van der Waals surface area (Å²) in [6.45, 7) is 5.67. The molecular weight excluding hydrogens is 294 g/mol. The van der Waals surface area contributed by atoms with Crippen molar-refractivity contribution >= 4 is 11.3 Å². The highest BCUT2D eigenvalue weighted by Crippen LogP contribution is 2.26. The van der Waals surface area contributed by atoms with E-state index in [9.17, 15) is 8.78 Å². The molecule has 2 N–H and O–H groups in total. The summed E-state index contributed by atoms with van der Waals surface area (Å²) in [7, 11) is 0. The largest absolute Gasteiger partial charge is 0.480 e. The second-order valence-corrected chi connectivity index (χ2v) is 6.40. The van der Waals surface area contributed by atoms with Crippen molar-refractivity contribution in [3.8, 4) is 5.75 Å².